The van der Waals surface area contributed by atoms with Crippen molar-refractivity contribution < 1.29 is 9.69 Å². The molecule has 1 saturated heterocycles. The van der Waals surface area contributed by atoms with E-state index in [9.17, 15) is 4.79 Å². The Labute approximate surface area is 132 Å². The van der Waals surface area contributed by atoms with Crippen molar-refractivity contribution in [3.8, 4) is 0 Å². The van der Waals surface area contributed by atoms with Crippen molar-refractivity contribution in [2.24, 2.45) is 5.92 Å². The first-order valence-corrected chi connectivity index (χ1v) is 8.38. The van der Waals surface area contributed by atoms with Crippen LogP contribution in [0.2, 0.25) is 5.02 Å². The summed E-state index contributed by atoms with van der Waals surface area (Å²) in [4.78, 5) is 16.0. The van der Waals surface area contributed by atoms with Gasteiger partial charge >= 0.3 is 0 Å². The molecule has 0 aliphatic carbocycles. The minimum Gasteiger partial charge on any atom is -0.343 e. The van der Waals surface area contributed by atoms with Crippen molar-refractivity contribution in [3.63, 3.8) is 0 Å². The molecule has 0 radical (unpaired) electrons. The number of nitrogens with one attached hydrogen (secondary N) is 1. The Kier molecular flexibility index (Phi) is 6.07. The molecule has 1 heterocycles. The van der Waals surface area contributed by atoms with Gasteiger partial charge in [0.1, 0.15) is 6.54 Å². The van der Waals surface area contributed by atoms with Crippen LogP contribution in [0.15, 0.2) is 24.3 Å². The number of likely N-dealkylation sites (tertiary alicyclic amines) is 1. The van der Waals surface area contributed by atoms with Crippen LogP contribution in [0.5, 0.6) is 0 Å². The Hall–Kier alpha value is -1.06. The normalized spacial score (nSPS) is 22.0. The highest BCUT2D eigenvalue weighted by atomic mass is 35.5. The highest BCUT2D eigenvalue weighted by Crippen LogP contribution is 2.13. The first kappa shape index (κ1) is 16.3. The molecule has 0 saturated carbocycles. The van der Waals surface area contributed by atoms with E-state index in [2.05, 4.69) is 26.0 Å². The van der Waals surface area contributed by atoms with Gasteiger partial charge in [-0.3, -0.25) is 4.79 Å². The minimum atomic E-state index is 0.195. The minimum absolute atomic E-state index is 0.195. The van der Waals surface area contributed by atoms with Gasteiger partial charge in [-0.2, -0.15) is 0 Å². The fraction of sp³-hybridized carbons (Fsp3) is 0.588. The number of hydrogen-bond donors (Lipinski definition) is 1. The fourth-order valence-corrected chi connectivity index (χ4v) is 3.33. The molecule has 0 spiro atoms. The third-order valence-corrected chi connectivity index (χ3v) is 4.66. The van der Waals surface area contributed by atoms with Gasteiger partial charge in [0, 0.05) is 23.7 Å². The van der Waals surface area contributed by atoms with Gasteiger partial charge in [0.25, 0.3) is 0 Å². The van der Waals surface area contributed by atoms with Crippen molar-refractivity contribution in [2.75, 3.05) is 26.2 Å². The van der Waals surface area contributed by atoms with E-state index in [0.29, 0.717) is 5.91 Å². The van der Waals surface area contributed by atoms with Crippen molar-refractivity contribution in [2.45, 2.75) is 33.2 Å². The van der Waals surface area contributed by atoms with E-state index in [4.69, 9.17) is 11.6 Å². The topological polar surface area (TPSA) is 24.8 Å². The summed E-state index contributed by atoms with van der Waals surface area (Å²) in [5, 5.41) is 0.780. The maximum atomic E-state index is 12.5. The average Bonchev–Trinajstić information content (AvgIpc) is 2.51. The summed E-state index contributed by atoms with van der Waals surface area (Å²) in [6.07, 6.45) is 2.18. The van der Waals surface area contributed by atoms with Crippen LogP contribution in [-0.2, 0) is 11.3 Å². The molecule has 116 valence electrons. The van der Waals surface area contributed by atoms with Crippen LogP contribution in [-0.4, -0.2) is 37.0 Å². The molecular weight excluding hydrogens is 284 g/mol. The number of quaternary nitrogens is 1. The van der Waals surface area contributed by atoms with E-state index in [1.165, 1.54) is 10.5 Å². The molecule has 1 N–H and O–H groups in total. The molecule has 21 heavy (non-hydrogen) atoms. The summed E-state index contributed by atoms with van der Waals surface area (Å²) in [7, 11) is 0. The molecule has 1 unspecified atom stereocenters. The molecule has 1 aliphatic rings. The van der Waals surface area contributed by atoms with Crippen LogP contribution in [0.25, 0.3) is 0 Å². The fourth-order valence-electron chi connectivity index (χ4n) is 3.21. The Morgan fingerprint density at radius 1 is 1.29 bits per heavy atom. The summed E-state index contributed by atoms with van der Waals surface area (Å²) in [5.74, 6) is 0.536. The molecule has 2 rings (SSSR count). The van der Waals surface area contributed by atoms with E-state index in [1.807, 2.05) is 17.0 Å². The van der Waals surface area contributed by atoms with E-state index in [-0.39, 0.29) is 5.92 Å². The van der Waals surface area contributed by atoms with E-state index < -0.39 is 0 Å². The Morgan fingerprint density at radius 3 is 2.57 bits per heavy atom. The maximum Gasteiger partial charge on any atom is 0.231 e. The largest absolute Gasteiger partial charge is 0.343 e. The Bertz CT molecular complexity index is 456. The summed E-state index contributed by atoms with van der Waals surface area (Å²) >= 11 is 5.93. The summed E-state index contributed by atoms with van der Waals surface area (Å²) < 4.78 is 0. The summed E-state index contributed by atoms with van der Waals surface area (Å²) in [5.41, 5.74) is 1.30. The van der Waals surface area contributed by atoms with Gasteiger partial charge in [0.05, 0.1) is 19.0 Å². The molecule has 1 aromatic rings. The standard InChI is InChI=1S/C17H25ClN2O/c1-3-20(4-2)17(21)15-6-5-11-19(13-15)12-14-7-9-16(18)10-8-14/h7-10,15H,3-6,11-13H2,1-2H3/p+1/t15-/m1/s1. The molecule has 2 atom stereocenters. The van der Waals surface area contributed by atoms with Crippen LogP contribution in [0.3, 0.4) is 0 Å². The zero-order valence-electron chi connectivity index (χ0n) is 13.1. The van der Waals surface area contributed by atoms with E-state index >= 15 is 0 Å². The second-order valence-electron chi connectivity index (χ2n) is 5.86. The van der Waals surface area contributed by atoms with Gasteiger partial charge in [-0.1, -0.05) is 23.7 Å². The average molecular weight is 310 g/mol. The molecule has 0 bridgehead atoms. The highest BCUT2D eigenvalue weighted by molar-refractivity contribution is 6.30. The van der Waals surface area contributed by atoms with Crippen molar-refractivity contribution in [1.29, 1.82) is 0 Å². The predicted molar refractivity (Wildman–Crippen MR) is 86.5 cm³/mol. The zero-order valence-corrected chi connectivity index (χ0v) is 13.8. The summed E-state index contributed by atoms with van der Waals surface area (Å²) in [6, 6.07) is 8.06. The van der Waals surface area contributed by atoms with E-state index in [1.54, 1.807) is 0 Å². The van der Waals surface area contributed by atoms with Gasteiger partial charge in [0.15, 0.2) is 0 Å². The molecule has 1 fully saturated rings. The highest BCUT2D eigenvalue weighted by Gasteiger charge is 2.30. The first-order valence-electron chi connectivity index (χ1n) is 8.00. The molecule has 3 nitrogen and oxygen atoms in total. The molecule has 4 heteroatoms. The van der Waals surface area contributed by atoms with Crippen molar-refractivity contribution in [1.82, 2.24) is 4.90 Å². The number of hydrogen-bond acceptors (Lipinski definition) is 1. The van der Waals surface area contributed by atoms with Gasteiger partial charge in [-0.25, -0.2) is 0 Å². The second kappa shape index (κ2) is 7.81. The zero-order chi connectivity index (χ0) is 15.2. The quantitative estimate of drug-likeness (QED) is 0.884. The molecule has 1 aromatic carbocycles. The lowest BCUT2D eigenvalue weighted by Gasteiger charge is -2.32. The van der Waals surface area contributed by atoms with Gasteiger partial charge < -0.3 is 9.80 Å². The lowest BCUT2D eigenvalue weighted by Crippen LogP contribution is -3.12. The van der Waals surface area contributed by atoms with Crippen LogP contribution in [0.1, 0.15) is 32.3 Å². The Balaban J connectivity index is 1.94. The van der Waals surface area contributed by atoms with Crippen molar-refractivity contribution >= 4 is 17.5 Å². The lowest BCUT2D eigenvalue weighted by atomic mass is 9.96. The first-order chi connectivity index (χ1) is 10.1. The summed E-state index contributed by atoms with van der Waals surface area (Å²) in [6.45, 7) is 8.85. The predicted octanol–water partition coefficient (Wildman–Crippen LogP) is 2.00. The van der Waals surface area contributed by atoms with Crippen LogP contribution >= 0.6 is 11.6 Å². The number of carbonyl (C=O) groups excluding carboxylic acids is 1. The molecule has 1 amide bonds. The maximum absolute atomic E-state index is 12.5. The monoisotopic (exact) mass is 309 g/mol. The third kappa shape index (κ3) is 4.45. The number of carbonyl (C=O) groups is 1. The molecule has 0 aromatic heterocycles. The number of rotatable bonds is 5. The number of nitrogens with zero attached hydrogens (tertiary/aromatic N) is 1. The second-order valence-corrected chi connectivity index (χ2v) is 6.29. The number of benzene rings is 1. The lowest BCUT2D eigenvalue weighted by molar-refractivity contribution is -0.921. The van der Waals surface area contributed by atoms with E-state index in [0.717, 1.165) is 50.6 Å². The van der Waals surface area contributed by atoms with Crippen LogP contribution in [0.4, 0.5) is 0 Å². The van der Waals surface area contributed by atoms with Crippen LogP contribution < -0.4 is 4.90 Å². The number of amides is 1. The van der Waals surface area contributed by atoms with Crippen LogP contribution in [0, 0.1) is 5.92 Å². The number of piperidine rings is 1. The van der Waals surface area contributed by atoms with Gasteiger partial charge in [-0.15, -0.1) is 0 Å². The SMILES string of the molecule is CCN(CC)C(=O)[C@@H]1CCC[NH+](Cc2ccc(Cl)cc2)C1. The molecule has 1 aliphatic heterocycles. The van der Waals surface area contributed by atoms with Gasteiger partial charge in [0.2, 0.25) is 5.91 Å². The molecular formula is C17H26ClN2O+. The smallest absolute Gasteiger partial charge is 0.231 e. The van der Waals surface area contributed by atoms with Crippen molar-refractivity contribution in [3.05, 3.63) is 34.9 Å². The third-order valence-electron chi connectivity index (χ3n) is 4.41. The number of halogens is 1. The Morgan fingerprint density at radius 2 is 1.95 bits per heavy atom. The van der Waals surface area contributed by atoms with Gasteiger partial charge in [-0.05, 0) is 38.8 Å².